The predicted octanol–water partition coefficient (Wildman–Crippen LogP) is 1.34. The number of allylic oxidation sites excluding steroid dienone is 1. The Morgan fingerprint density at radius 1 is 1.53 bits per heavy atom. The van der Waals surface area contributed by atoms with E-state index < -0.39 is 5.60 Å². The van der Waals surface area contributed by atoms with E-state index in [1.165, 1.54) is 0 Å². The van der Waals surface area contributed by atoms with E-state index in [2.05, 4.69) is 6.58 Å². The molecule has 0 spiro atoms. The van der Waals surface area contributed by atoms with Gasteiger partial charge < -0.3 is 14.6 Å². The number of carbonyl (C=O) groups is 1. The van der Waals surface area contributed by atoms with Gasteiger partial charge in [-0.1, -0.05) is 12.7 Å². The van der Waals surface area contributed by atoms with Crippen LogP contribution in [0.25, 0.3) is 0 Å². The van der Waals surface area contributed by atoms with Gasteiger partial charge in [-0.3, -0.25) is 0 Å². The molecule has 19 heavy (non-hydrogen) atoms. The van der Waals surface area contributed by atoms with Crippen molar-refractivity contribution < 1.29 is 19.4 Å². The third kappa shape index (κ3) is 1.11. The molecule has 4 heteroatoms. The molecule has 102 valence electrons. The smallest absolute Gasteiger partial charge is 0.334 e. The first-order valence-electron chi connectivity index (χ1n) is 6.85. The maximum Gasteiger partial charge on any atom is 0.334 e. The summed E-state index contributed by atoms with van der Waals surface area (Å²) in [5, 5.41) is 11.1. The van der Waals surface area contributed by atoms with E-state index in [1.807, 2.05) is 19.9 Å². The van der Waals surface area contributed by atoms with Crippen LogP contribution in [0.1, 0.15) is 26.7 Å². The number of ether oxygens (including phenoxy) is 2. The molecule has 4 nitrogen and oxygen atoms in total. The van der Waals surface area contributed by atoms with Gasteiger partial charge >= 0.3 is 5.97 Å². The Labute approximate surface area is 112 Å². The van der Waals surface area contributed by atoms with Crippen LogP contribution in [0, 0.1) is 11.8 Å². The molecular weight excluding hydrogens is 244 g/mol. The van der Waals surface area contributed by atoms with Gasteiger partial charge in [-0.05, 0) is 25.8 Å². The first-order valence-corrected chi connectivity index (χ1v) is 6.85. The van der Waals surface area contributed by atoms with Crippen LogP contribution < -0.4 is 0 Å². The highest BCUT2D eigenvalue weighted by Crippen LogP contribution is 2.63. The van der Waals surface area contributed by atoms with Gasteiger partial charge in [-0.2, -0.15) is 0 Å². The average molecular weight is 262 g/mol. The number of fused-ring (bicyclic) bond motifs is 1. The van der Waals surface area contributed by atoms with Crippen molar-refractivity contribution in [1.82, 2.24) is 0 Å². The van der Waals surface area contributed by atoms with Crippen LogP contribution in [-0.4, -0.2) is 34.5 Å². The number of rotatable bonds is 0. The fraction of sp³-hybridized carbons (Fsp3) is 0.667. The minimum atomic E-state index is -0.987. The summed E-state index contributed by atoms with van der Waals surface area (Å²) in [6.07, 6.45) is 3.09. The van der Waals surface area contributed by atoms with Crippen molar-refractivity contribution in [3.8, 4) is 0 Å². The molecule has 3 heterocycles. The molecule has 0 unspecified atom stereocenters. The molecule has 0 aromatic carbocycles. The molecular formula is C15H18O4. The third-order valence-corrected chi connectivity index (χ3v) is 5.61. The Morgan fingerprint density at radius 2 is 2.21 bits per heavy atom. The Hall–Kier alpha value is -1.13. The number of aliphatic hydroxyl groups is 1. The van der Waals surface area contributed by atoms with E-state index >= 15 is 0 Å². The quantitative estimate of drug-likeness (QED) is 0.407. The Kier molecular flexibility index (Phi) is 1.92. The first-order chi connectivity index (χ1) is 8.88. The number of hydrogen-bond acceptors (Lipinski definition) is 4. The van der Waals surface area contributed by atoms with Crippen LogP contribution in [-0.2, 0) is 14.3 Å². The number of hydrogen-bond donors (Lipinski definition) is 1. The second kappa shape index (κ2) is 3.13. The van der Waals surface area contributed by atoms with Crippen LogP contribution in [0.2, 0.25) is 0 Å². The summed E-state index contributed by atoms with van der Waals surface area (Å²) in [5.74, 6) is -0.531. The minimum Gasteiger partial charge on any atom is -0.458 e. The third-order valence-electron chi connectivity index (χ3n) is 5.61. The zero-order valence-corrected chi connectivity index (χ0v) is 11.2. The molecule has 4 fully saturated rings. The summed E-state index contributed by atoms with van der Waals surface area (Å²) in [6.45, 7) is 7.82. The van der Waals surface area contributed by atoms with Crippen molar-refractivity contribution >= 4 is 5.97 Å². The minimum absolute atomic E-state index is 0.0266. The van der Waals surface area contributed by atoms with E-state index in [0.717, 1.165) is 12.0 Å². The van der Waals surface area contributed by atoms with Crippen LogP contribution >= 0.6 is 0 Å². The molecule has 3 saturated heterocycles. The van der Waals surface area contributed by atoms with Gasteiger partial charge in [0.1, 0.15) is 11.7 Å². The van der Waals surface area contributed by atoms with Gasteiger partial charge in [0, 0.05) is 17.9 Å². The highest BCUT2D eigenvalue weighted by Gasteiger charge is 2.75. The zero-order chi connectivity index (χ0) is 13.6. The van der Waals surface area contributed by atoms with E-state index in [9.17, 15) is 9.90 Å². The highest BCUT2D eigenvalue weighted by molar-refractivity contribution is 5.91. The van der Waals surface area contributed by atoms with Gasteiger partial charge in [0.15, 0.2) is 0 Å². The highest BCUT2D eigenvalue weighted by atomic mass is 16.6. The normalized spacial score (nSPS) is 54.8. The largest absolute Gasteiger partial charge is 0.458 e. The fourth-order valence-corrected chi connectivity index (χ4v) is 4.57. The molecule has 1 N–H and O–H groups in total. The second-order valence-corrected chi connectivity index (χ2v) is 6.55. The lowest BCUT2D eigenvalue weighted by atomic mass is 9.75. The van der Waals surface area contributed by atoms with E-state index in [-0.39, 0.29) is 35.6 Å². The van der Waals surface area contributed by atoms with Crippen LogP contribution in [0.5, 0.6) is 0 Å². The molecule has 0 aromatic heterocycles. The maximum atomic E-state index is 11.8. The molecule has 2 aliphatic carbocycles. The molecule has 3 aliphatic heterocycles. The van der Waals surface area contributed by atoms with Crippen molar-refractivity contribution in [2.75, 3.05) is 0 Å². The summed E-state index contributed by atoms with van der Waals surface area (Å²) in [5.41, 5.74) is 0.110. The molecule has 1 saturated carbocycles. The summed E-state index contributed by atoms with van der Waals surface area (Å²) in [4.78, 5) is 11.8. The van der Waals surface area contributed by atoms with Crippen molar-refractivity contribution in [1.29, 1.82) is 0 Å². The maximum absolute atomic E-state index is 11.8. The van der Waals surface area contributed by atoms with Crippen LogP contribution in [0.4, 0.5) is 0 Å². The topological polar surface area (TPSA) is 55.8 Å². The average Bonchev–Trinajstić information content (AvgIpc) is 2.76. The predicted molar refractivity (Wildman–Crippen MR) is 67.2 cm³/mol. The van der Waals surface area contributed by atoms with Crippen molar-refractivity contribution in [3.63, 3.8) is 0 Å². The first kappa shape index (κ1) is 11.7. The lowest BCUT2D eigenvalue weighted by Crippen LogP contribution is -2.47. The zero-order valence-electron chi connectivity index (χ0n) is 11.2. The lowest BCUT2D eigenvalue weighted by Gasteiger charge is -2.39. The number of carbonyl (C=O) groups excluding carboxylic acids is 1. The molecule has 0 aromatic rings. The summed E-state index contributed by atoms with van der Waals surface area (Å²) >= 11 is 0. The van der Waals surface area contributed by atoms with Crippen molar-refractivity contribution in [3.05, 3.63) is 23.8 Å². The Morgan fingerprint density at radius 3 is 2.89 bits per heavy atom. The van der Waals surface area contributed by atoms with Crippen molar-refractivity contribution in [2.24, 2.45) is 11.8 Å². The van der Waals surface area contributed by atoms with Gasteiger partial charge in [0.2, 0.25) is 0 Å². The van der Waals surface area contributed by atoms with Gasteiger partial charge in [0.25, 0.3) is 0 Å². The lowest BCUT2D eigenvalue weighted by molar-refractivity contribution is -0.174. The Balaban J connectivity index is 1.87. The fourth-order valence-electron chi connectivity index (χ4n) is 4.57. The summed E-state index contributed by atoms with van der Waals surface area (Å²) in [7, 11) is 0. The molecule has 6 atom stereocenters. The van der Waals surface area contributed by atoms with E-state index in [0.29, 0.717) is 12.0 Å². The van der Waals surface area contributed by atoms with E-state index in [4.69, 9.17) is 9.47 Å². The van der Waals surface area contributed by atoms with Gasteiger partial charge in [0.05, 0.1) is 17.6 Å². The summed E-state index contributed by atoms with van der Waals surface area (Å²) < 4.78 is 11.4. The summed E-state index contributed by atoms with van der Waals surface area (Å²) in [6, 6.07) is 0. The monoisotopic (exact) mass is 262 g/mol. The standard InChI is InChI=1S/C15H18O4/c1-7-4-5-9-8(2)13(16)18-11(9)12-14(3)6-10(19-14)15(7,12)17/h4,9-12,17H,2,5-6H2,1,3H3/t9-,10+,11+,12-,14-,15+/m0/s1. The number of esters is 1. The Bertz CT molecular complexity index is 528. The van der Waals surface area contributed by atoms with Gasteiger partial charge in [-0.25, -0.2) is 4.79 Å². The van der Waals surface area contributed by atoms with Gasteiger partial charge in [-0.15, -0.1) is 0 Å². The van der Waals surface area contributed by atoms with Crippen LogP contribution in [0.15, 0.2) is 23.8 Å². The van der Waals surface area contributed by atoms with Crippen molar-refractivity contribution in [2.45, 2.75) is 50.1 Å². The molecule has 5 rings (SSSR count). The second-order valence-electron chi connectivity index (χ2n) is 6.55. The molecule has 2 bridgehead atoms. The molecule has 0 amide bonds. The van der Waals surface area contributed by atoms with Crippen LogP contribution in [0.3, 0.4) is 0 Å². The van der Waals surface area contributed by atoms with E-state index in [1.54, 1.807) is 0 Å². The molecule has 5 aliphatic rings. The SMILES string of the molecule is C=C1C(=O)O[C@H]2[C@@H]3[C@@](O)(C(C)=CC[C@@H]12)[C@H]1C[C@]3(C)O1. The molecule has 0 radical (unpaired) electrons.